The number of rotatable bonds is 5. The molecule has 0 aliphatic rings. The zero-order chi connectivity index (χ0) is 19.3. The Morgan fingerprint density at radius 1 is 0.821 bits per heavy atom. The van der Waals surface area contributed by atoms with Crippen LogP contribution in [0.4, 0.5) is 5.82 Å². The Morgan fingerprint density at radius 3 is 2.32 bits per heavy atom. The van der Waals surface area contributed by atoms with Gasteiger partial charge in [0.1, 0.15) is 5.82 Å². The molecule has 0 fully saturated rings. The lowest BCUT2D eigenvalue weighted by molar-refractivity contribution is 0.0957. The molecule has 0 aliphatic heterocycles. The van der Waals surface area contributed by atoms with E-state index in [1.807, 2.05) is 30.3 Å². The Bertz CT molecular complexity index is 1090. The van der Waals surface area contributed by atoms with Crippen molar-refractivity contribution in [2.45, 2.75) is 6.04 Å². The molecule has 5 heteroatoms. The van der Waals surface area contributed by atoms with Gasteiger partial charge in [0.25, 0.3) is 5.91 Å². The highest BCUT2D eigenvalue weighted by Gasteiger charge is 2.17. The van der Waals surface area contributed by atoms with Crippen molar-refractivity contribution in [3.63, 3.8) is 0 Å². The van der Waals surface area contributed by atoms with Gasteiger partial charge in [-0.15, -0.1) is 10.2 Å². The van der Waals surface area contributed by atoms with Crippen molar-refractivity contribution in [2.24, 2.45) is 0 Å². The minimum atomic E-state index is -0.257. The molecule has 2 N–H and O–H groups in total. The molecule has 1 aromatic heterocycles. The maximum Gasteiger partial charge on any atom is 0.271 e. The summed E-state index contributed by atoms with van der Waals surface area (Å²) in [4.78, 5) is 11.7. The lowest BCUT2D eigenvalue weighted by Gasteiger charge is -2.22. The normalized spacial score (nSPS) is 11.8. The summed E-state index contributed by atoms with van der Waals surface area (Å²) in [6.45, 7) is 0. The van der Waals surface area contributed by atoms with E-state index in [1.54, 1.807) is 19.2 Å². The van der Waals surface area contributed by atoms with Crippen molar-refractivity contribution in [3.8, 4) is 0 Å². The van der Waals surface area contributed by atoms with Gasteiger partial charge in [0, 0.05) is 7.05 Å². The van der Waals surface area contributed by atoms with Crippen molar-refractivity contribution in [2.75, 3.05) is 12.4 Å². The van der Waals surface area contributed by atoms with Crippen molar-refractivity contribution in [1.82, 2.24) is 15.5 Å². The van der Waals surface area contributed by atoms with Crippen LogP contribution >= 0.6 is 0 Å². The molecule has 1 amide bonds. The molecule has 0 spiro atoms. The topological polar surface area (TPSA) is 66.9 Å². The van der Waals surface area contributed by atoms with Gasteiger partial charge in [-0.1, -0.05) is 72.8 Å². The summed E-state index contributed by atoms with van der Waals surface area (Å²) >= 11 is 0. The summed E-state index contributed by atoms with van der Waals surface area (Å²) in [6, 6.07) is 28.2. The van der Waals surface area contributed by atoms with E-state index in [-0.39, 0.29) is 17.6 Å². The monoisotopic (exact) mass is 368 g/mol. The lowest BCUT2D eigenvalue weighted by atomic mass is 9.93. The number of nitrogens with zero attached hydrogens (tertiary/aromatic N) is 2. The van der Waals surface area contributed by atoms with E-state index in [9.17, 15) is 4.79 Å². The Labute approximate surface area is 163 Å². The standard InChI is InChI=1S/C23H20N4O/c1-24-23(28)20-14-15-21(27-26-20)25-22(17-9-3-2-4-10-17)19-13-7-11-16-8-5-6-12-18(16)19/h2-15,22H,1H3,(H,24,28)(H,25,27). The van der Waals surface area contributed by atoms with Crippen molar-refractivity contribution in [1.29, 1.82) is 0 Å². The van der Waals surface area contributed by atoms with Crippen LogP contribution in [-0.4, -0.2) is 23.2 Å². The first kappa shape index (κ1) is 17.7. The number of hydrogen-bond acceptors (Lipinski definition) is 4. The average Bonchev–Trinajstić information content (AvgIpc) is 2.77. The number of fused-ring (bicyclic) bond motifs is 1. The number of amides is 1. The third-order valence-electron chi connectivity index (χ3n) is 4.68. The average molecular weight is 368 g/mol. The zero-order valence-corrected chi connectivity index (χ0v) is 15.5. The minimum Gasteiger partial charge on any atom is -0.358 e. The number of anilines is 1. The van der Waals surface area contributed by atoms with Gasteiger partial charge in [0.05, 0.1) is 6.04 Å². The number of hydrogen-bond donors (Lipinski definition) is 2. The molecule has 28 heavy (non-hydrogen) atoms. The Balaban J connectivity index is 1.76. The zero-order valence-electron chi connectivity index (χ0n) is 15.5. The molecule has 4 rings (SSSR count). The largest absolute Gasteiger partial charge is 0.358 e. The lowest BCUT2D eigenvalue weighted by Crippen LogP contribution is -2.20. The predicted molar refractivity (Wildman–Crippen MR) is 111 cm³/mol. The second-order valence-electron chi connectivity index (χ2n) is 6.44. The molecule has 5 nitrogen and oxygen atoms in total. The van der Waals surface area contributed by atoms with E-state index in [4.69, 9.17) is 0 Å². The van der Waals surface area contributed by atoms with Crippen LogP contribution in [0.1, 0.15) is 27.7 Å². The molecule has 138 valence electrons. The summed E-state index contributed by atoms with van der Waals surface area (Å²) in [5.74, 6) is 0.349. The van der Waals surface area contributed by atoms with Crippen LogP contribution in [0.25, 0.3) is 10.8 Å². The molecule has 1 heterocycles. The maximum atomic E-state index is 11.7. The van der Waals surface area contributed by atoms with Gasteiger partial charge in [-0.2, -0.15) is 0 Å². The molecular weight excluding hydrogens is 348 g/mol. The minimum absolute atomic E-state index is 0.104. The smallest absolute Gasteiger partial charge is 0.271 e. The van der Waals surface area contributed by atoms with Gasteiger partial charge < -0.3 is 10.6 Å². The molecular formula is C23H20N4O. The molecule has 1 unspecified atom stereocenters. The van der Waals surface area contributed by atoms with Gasteiger partial charge in [-0.25, -0.2) is 0 Å². The molecule has 3 aromatic carbocycles. The first-order valence-corrected chi connectivity index (χ1v) is 9.11. The number of carbonyl (C=O) groups excluding carboxylic acids is 1. The van der Waals surface area contributed by atoms with Crippen LogP contribution in [0.15, 0.2) is 84.9 Å². The number of carbonyl (C=O) groups is 1. The van der Waals surface area contributed by atoms with Crippen LogP contribution in [-0.2, 0) is 0 Å². The summed E-state index contributed by atoms with van der Waals surface area (Å²) < 4.78 is 0. The highest BCUT2D eigenvalue weighted by atomic mass is 16.1. The van der Waals surface area contributed by atoms with E-state index < -0.39 is 0 Å². The third kappa shape index (κ3) is 3.55. The third-order valence-corrected chi connectivity index (χ3v) is 4.68. The van der Waals surface area contributed by atoms with Crippen molar-refractivity contribution in [3.05, 3.63) is 102 Å². The Hall–Kier alpha value is -3.73. The molecule has 1 atom stereocenters. The molecule has 0 aliphatic carbocycles. The Morgan fingerprint density at radius 2 is 1.57 bits per heavy atom. The van der Waals surface area contributed by atoms with Crippen LogP contribution in [0, 0.1) is 0 Å². The number of benzene rings is 3. The molecule has 4 aromatic rings. The summed E-state index contributed by atoms with van der Waals surface area (Å²) in [6.07, 6.45) is 0. The number of aromatic nitrogens is 2. The van der Waals surface area contributed by atoms with E-state index in [0.29, 0.717) is 5.82 Å². The summed E-state index contributed by atoms with van der Waals surface area (Å²) in [7, 11) is 1.57. The first-order chi connectivity index (χ1) is 13.8. The van der Waals surface area contributed by atoms with Crippen LogP contribution < -0.4 is 10.6 Å². The van der Waals surface area contributed by atoms with Crippen molar-refractivity contribution >= 4 is 22.5 Å². The van der Waals surface area contributed by atoms with Gasteiger partial charge in [0.2, 0.25) is 0 Å². The van der Waals surface area contributed by atoms with Gasteiger partial charge in [-0.3, -0.25) is 4.79 Å². The van der Waals surface area contributed by atoms with Crippen LogP contribution in [0.5, 0.6) is 0 Å². The van der Waals surface area contributed by atoms with Crippen LogP contribution in [0.3, 0.4) is 0 Å². The fourth-order valence-electron chi connectivity index (χ4n) is 3.29. The highest BCUT2D eigenvalue weighted by molar-refractivity contribution is 5.92. The van der Waals surface area contributed by atoms with Gasteiger partial charge in [-0.05, 0) is 34.0 Å². The maximum absolute atomic E-state index is 11.7. The summed E-state index contributed by atoms with van der Waals surface area (Å²) in [5.41, 5.74) is 2.56. The van der Waals surface area contributed by atoms with E-state index in [1.165, 1.54) is 10.8 Å². The fourth-order valence-corrected chi connectivity index (χ4v) is 3.29. The second kappa shape index (κ2) is 7.88. The van der Waals surface area contributed by atoms with Gasteiger partial charge in [0.15, 0.2) is 5.69 Å². The molecule has 0 radical (unpaired) electrons. The predicted octanol–water partition coefficient (Wildman–Crippen LogP) is 4.19. The van der Waals surface area contributed by atoms with Gasteiger partial charge >= 0.3 is 0 Å². The van der Waals surface area contributed by atoms with E-state index in [2.05, 4.69) is 63.3 Å². The second-order valence-corrected chi connectivity index (χ2v) is 6.44. The fraction of sp³-hybridized carbons (Fsp3) is 0.0870. The Kier molecular flexibility index (Phi) is 4.97. The quantitative estimate of drug-likeness (QED) is 0.554. The summed E-state index contributed by atoms with van der Waals surface area (Å²) in [5, 5.41) is 16.6. The van der Waals surface area contributed by atoms with E-state index in [0.717, 1.165) is 11.1 Å². The molecule has 0 saturated heterocycles. The number of nitrogens with one attached hydrogen (secondary N) is 2. The SMILES string of the molecule is CNC(=O)c1ccc(NC(c2ccccc2)c2cccc3ccccc23)nn1. The molecule has 0 bridgehead atoms. The van der Waals surface area contributed by atoms with Crippen LogP contribution in [0.2, 0.25) is 0 Å². The first-order valence-electron chi connectivity index (χ1n) is 9.11. The molecule has 0 saturated carbocycles. The van der Waals surface area contributed by atoms with E-state index >= 15 is 0 Å². The highest BCUT2D eigenvalue weighted by Crippen LogP contribution is 2.31. The van der Waals surface area contributed by atoms with Crippen molar-refractivity contribution < 1.29 is 4.79 Å².